The summed E-state index contributed by atoms with van der Waals surface area (Å²) in [6.45, 7) is 2.44. The molecule has 0 saturated heterocycles. The van der Waals surface area contributed by atoms with Crippen molar-refractivity contribution in [2.45, 2.75) is 38.2 Å². The molecule has 0 bridgehead atoms. The average Bonchev–Trinajstić information content (AvgIpc) is 2.37. The lowest BCUT2D eigenvalue weighted by atomic mass is 9.79. The van der Waals surface area contributed by atoms with Gasteiger partial charge >= 0.3 is 0 Å². The van der Waals surface area contributed by atoms with Gasteiger partial charge < -0.3 is 10.4 Å². The van der Waals surface area contributed by atoms with Gasteiger partial charge in [-0.25, -0.2) is 0 Å². The van der Waals surface area contributed by atoms with E-state index in [1.165, 1.54) is 6.07 Å². The molecule has 1 aliphatic carbocycles. The molecule has 1 aromatic carbocycles. The van der Waals surface area contributed by atoms with E-state index in [2.05, 4.69) is 12.2 Å². The van der Waals surface area contributed by atoms with Gasteiger partial charge in [-0.15, -0.1) is 0 Å². The summed E-state index contributed by atoms with van der Waals surface area (Å²) in [5, 5.41) is 24.9. The van der Waals surface area contributed by atoms with Crippen LogP contribution in [0.3, 0.4) is 0 Å². The van der Waals surface area contributed by atoms with Gasteiger partial charge in [0.2, 0.25) is 0 Å². The predicted octanol–water partition coefficient (Wildman–Crippen LogP) is 3.60. The van der Waals surface area contributed by atoms with Crippen molar-refractivity contribution in [2.75, 3.05) is 11.9 Å². The third kappa shape index (κ3) is 3.61. The molecule has 0 aliphatic heterocycles. The lowest BCUT2D eigenvalue weighted by Gasteiger charge is -2.35. The van der Waals surface area contributed by atoms with Gasteiger partial charge in [-0.3, -0.25) is 10.1 Å². The molecule has 0 radical (unpaired) electrons. The predicted molar refractivity (Wildman–Crippen MR) is 79.2 cm³/mol. The number of anilines is 1. The van der Waals surface area contributed by atoms with Crippen LogP contribution < -0.4 is 5.32 Å². The molecular weight excluding hydrogens is 280 g/mol. The van der Waals surface area contributed by atoms with Crippen molar-refractivity contribution in [3.8, 4) is 0 Å². The van der Waals surface area contributed by atoms with Gasteiger partial charge in [-0.1, -0.05) is 31.4 Å². The zero-order valence-corrected chi connectivity index (χ0v) is 12.2. The summed E-state index contributed by atoms with van der Waals surface area (Å²) in [6, 6.07) is 4.50. The first-order chi connectivity index (χ1) is 9.39. The lowest BCUT2D eigenvalue weighted by Crippen LogP contribution is -2.41. The smallest absolute Gasteiger partial charge is 0.293 e. The zero-order chi connectivity index (χ0) is 14.8. The third-order valence-electron chi connectivity index (χ3n) is 3.83. The summed E-state index contributed by atoms with van der Waals surface area (Å²) < 4.78 is 0. The Bertz CT molecular complexity index is 509. The SMILES string of the molecule is CC1CCCC(O)(CNc2ccc(Cl)cc2[N+](=O)[O-])C1. The Balaban J connectivity index is 2.09. The summed E-state index contributed by atoms with van der Waals surface area (Å²) in [4.78, 5) is 10.5. The summed E-state index contributed by atoms with van der Waals surface area (Å²) >= 11 is 5.77. The molecule has 2 rings (SSSR count). The minimum Gasteiger partial charge on any atom is -0.388 e. The lowest BCUT2D eigenvalue weighted by molar-refractivity contribution is -0.384. The summed E-state index contributed by atoms with van der Waals surface area (Å²) in [5.74, 6) is 0.482. The molecule has 1 aromatic rings. The van der Waals surface area contributed by atoms with Crippen LogP contribution in [0.1, 0.15) is 32.6 Å². The van der Waals surface area contributed by atoms with E-state index in [4.69, 9.17) is 11.6 Å². The average molecular weight is 299 g/mol. The highest BCUT2D eigenvalue weighted by Gasteiger charge is 2.32. The minimum atomic E-state index is -0.787. The highest BCUT2D eigenvalue weighted by Crippen LogP contribution is 2.34. The van der Waals surface area contributed by atoms with Gasteiger partial charge in [-0.05, 0) is 30.9 Å². The maximum Gasteiger partial charge on any atom is 0.293 e. The van der Waals surface area contributed by atoms with Crippen molar-refractivity contribution in [2.24, 2.45) is 5.92 Å². The molecule has 0 heterocycles. The van der Waals surface area contributed by atoms with E-state index in [0.717, 1.165) is 25.7 Å². The number of hydrogen-bond acceptors (Lipinski definition) is 4. The Morgan fingerprint density at radius 2 is 2.35 bits per heavy atom. The summed E-state index contributed by atoms with van der Waals surface area (Å²) in [5.41, 5.74) is -0.457. The van der Waals surface area contributed by atoms with Gasteiger partial charge in [0.25, 0.3) is 5.69 Å². The van der Waals surface area contributed by atoms with Gasteiger partial charge in [0.05, 0.1) is 10.5 Å². The van der Waals surface area contributed by atoms with E-state index in [9.17, 15) is 15.2 Å². The molecule has 1 fully saturated rings. The van der Waals surface area contributed by atoms with Gasteiger partial charge in [0.15, 0.2) is 0 Å². The number of nitrogens with zero attached hydrogens (tertiary/aromatic N) is 1. The van der Waals surface area contributed by atoms with Crippen LogP contribution >= 0.6 is 11.6 Å². The van der Waals surface area contributed by atoms with Crippen LogP contribution in [0.4, 0.5) is 11.4 Å². The number of nitro groups is 1. The fourth-order valence-corrected chi connectivity index (χ4v) is 3.02. The molecule has 0 amide bonds. The van der Waals surface area contributed by atoms with E-state index in [0.29, 0.717) is 23.2 Å². The molecular formula is C14H19ClN2O3. The van der Waals surface area contributed by atoms with Crippen LogP contribution in [0.15, 0.2) is 18.2 Å². The van der Waals surface area contributed by atoms with Crippen molar-refractivity contribution in [1.82, 2.24) is 0 Å². The highest BCUT2D eigenvalue weighted by molar-refractivity contribution is 6.30. The molecule has 110 valence electrons. The fraction of sp³-hybridized carbons (Fsp3) is 0.571. The molecule has 5 nitrogen and oxygen atoms in total. The first-order valence-electron chi connectivity index (χ1n) is 6.80. The minimum absolute atomic E-state index is 0.0649. The van der Waals surface area contributed by atoms with Crippen LogP contribution in [0.5, 0.6) is 0 Å². The summed E-state index contributed by atoms with van der Waals surface area (Å²) in [7, 11) is 0. The van der Waals surface area contributed by atoms with Crippen molar-refractivity contribution < 1.29 is 10.0 Å². The molecule has 1 aliphatic rings. The Hall–Kier alpha value is -1.33. The van der Waals surface area contributed by atoms with E-state index in [1.807, 2.05) is 0 Å². The molecule has 2 atom stereocenters. The molecule has 2 unspecified atom stereocenters. The first-order valence-corrected chi connectivity index (χ1v) is 7.18. The van der Waals surface area contributed by atoms with Crippen LogP contribution in [-0.4, -0.2) is 22.2 Å². The zero-order valence-electron chi connectivity index (χ0n) is 11.4. The van der Waals surface area contributed by atoms with Gasteiger partial charge in [0.1, 0.15) is 5.69 Å². The van der Waals surface area contributed by atoms with Crippen LogP contribution in [0, 0.1) is 16.0 Å². The monoisotopic (exact) mass is 298 g/mol. The number of rotatable bonds is 4. The Labute approximate surface area is 123 Å². The van der Waals surface area contributed by atoms with Crippen LogP contribution in [0.2, 0.25) is 5.02 Å². The van der Waals surface area contributed by atoms with Crippen molar-refractivity contribution >= 4 is 23.0 Å². The second kappa shape index (κ2) is 5.97. The van der Waals surface area contributed by atoms with Crippen LogP contribution in [0.25, 0.3) is 0 Å². The van der Waals surface area contributed by atoms with E-state index in [1.54, 1.807) is 12.1 Å². The standard InChI is InChI=1S/C14H19ClN2O3/c1-10-3-2-6-14(18,8-10)9-16-12-5-4-11(15)7-13(12)17(19)20/h4-5,7,10,16,18H,2-3,6,8-9H2,1H3. The van der Waals surface area contributed by atoms with E-state index < -0.39 is 10.5 Å². The second-order valence-corrected chi connectivity index (χ2v) is 6.13. The van der Waals surface area contributed by atoms with Crippen LogP contribution in [-0.2, 0) is 0 Å². The third-order valence-corrected chi connectivity index (χ3v) is 4.07. The molecule has 6 heteroatoms. The normalized spacial score (nSPS) is 26.2. The first kappa shape index (κ1) is 15.1. The van der Waals surface area contributed by atoms with Crippen molar-refractivity contribution in [1.29, 1.82) is 0 Å². The number of halogens is 1. The largest absolute Gasteiger partial charge is 0.388 e. The molecule has 0 spiro atoms. The highest BCUT2D eigenvalue weighted by atomic mass is 35.5. The number of aliphatic hydroxyl groups is 1. The maximum atomic E-state index is 11.0. The Kier molecular flexibility index (Phi) is 4.50. The van der Waals surface area contributed by atoms with Gasteiger partial charge in [-0.2, -0.15) is 0 Å². The molecule has 2 N–H and O–H groups in total. The number of nitrogens with one attached hydrogen (secondary N) is 1. The fourth-order valence-electron chi connectivity index (χ4n) is 2.86. The van der Waals surface area contributed by atoms with Gasteiger partial charge in [0, 0.05) is 17.6 Å². The molecule has 1 saturated carbocycles. The second-order valence-electron chi connectivity index (χ2n) is 5.70. The quantitative estimate of drug-likeness (QED) is 0.658. The molecule has 0 aromatic heterocycles. The number of hydrogen-bond donors (Lipinski definition) is 2. The van der Waals surface area contributed by atoms with Crippen molar-refractivity contribution in [3.05, 3.63) is 33.3 Å². The maximum absolute atomic E-state index is 11.0. The number of nitro benzene ring substituents is 1. The van der Waals surface area contributed by atoms with E-state index in [-0.39, 0.29) is 5.69 Å². The Morgan fingerprint density at radius 3 is 3.00 bits per heavy atom. The number of benzene rings is 1. The van der Waals surface area contributed by atoms with E-state index >= 15 is 0 Å². The summed E-state index contributed by atoms with van der Waals surface area (Å²) in [6.07, 6.45) is 3.57. The Morgan fingerprint density at radius 1 is 1.60 bits per heavy atom. The molecule has 20 heavy (non-hydrogen) atoms. The van der Waals surface area contributed by atoms with Crippen molar-refractivity contribution in [3.63, 3.8) is 0 Å². The topological polar surface area (TPSA) is 75.4 Å².